The van der Waals surface area contributed by atoms with Crippen molar-refractivity contribution in [1.29, 1.82) is 0 Å². The van der Waals surface area contributed by atoms with Gasteiger partial charge in [-0.25, -0.2) is 0 Å². The van der Waals surface area contributed by atoms with E-state index in [4.69, 9.17) is 16.3 Å². The molecule has 100 valence electrons. The fourth-order valence-corrected chi connectivity index (χ4v) is 2.49. The highest BCUT2D eigenvalue weighted by atomic mass is 35.5. The topological polar surface area (TPSA) is 43.4 Å². The van der Waals surface area contributed by atoms with E-state index in [1.54, 1.807) is 18.2 Å². The van der Waals surface area contributed by atoms with Gasteiger partial charge in [-0.3, -0.25) is 9.59 Å². The van der Waals surface area contributed by atoms with Crippen LogP contribution in [0.2, 0.25) is 5.02 Å². The van der Waals surface area contributed by atoms with Gasteiger partial charge >= 0.3 is 0 Å². The molecule has 0 bridgehead atoms. The van der Waals surface area contributed by atoms with Crippen molar-refractivity contribution in [1.82, 2.24) is 0 Å². The van der Waals surface area contributed by atoms with Gasteiger partial charge in [-0.05, 0) is 44.4 Å². The first-order valence-electron chi connectivity index (χ1n) is 6.57. The van der Waals surface area contributed by atoms with Crippen molar-refractivity contribution in [3.8, 4) is 5.75 Å². The lowest BCUT2D eigenvalue weighted by atomic mass is 10.0. The van der Waals surface area contributed by atoms with Crippen molar-refractivity contribution in [3.63, 3.8) is 0 Å². The van der Waals surface area contributed by atoms with Crippen molar-refractivity contribution in [2.24, 2.45) is 11.8 Å². The number of rotatable bonds is 5. The Bertz CT molecular complexity index is 548. The summed E-state index contributed by atoms with van der Waals surface area (Å²) in [5.41, 5.74) is 0.571. The second kappa shape index (κ2) is 4.64. The van der Waals surface area contributed by atoms with E-state index in [0.717, 1.165) is 12.8 Å². The summed E-state index contributed by atoms with van der Waals surface area (Å²) in [5.74, 6) is 0.510. The fourth-order valence-electron chi connectivity index (χ4n) is 2.26. The molecule has 19 heavy (non-hydrogen) atoms. The van der Waals surface area contributed by atoms with Crippen LogP contribution < -0.4 is 4.74 Å². The molecule has 0 unspecified atom stereocenters. The van der Waals surface area contributed by atoms with Crippen LogP contribution >= 0.6 is 11.6 Å². The van der Waals surface area contributed by atoms with Crippen LogP contribution in [-0.4, -0.2) is 17.7 Å². The van der Waals surface area contributed by atoms with E-state index in [1.165, 1.54) is 6.92 Å². The minimum Gasteiger partial charge on any atom is -0.489 e. The van der Waals surface area contributed by atoms with Gasteiger partial charge in [0.05, 0.1) is 11.1 Å². The molecule has 2 aliphatic carbocycles. The quantitative estimate of drug-likeness (QED) is 0.776. The van der Waals surface area contributed by atoms with Gasteiger partial charge < -0.3 is 4.74 Å². The molecule has 3 nitrogen and oxygen atoms in total. The van der Waals surface area contributed by atoms with Crippen LogP contribution in [0.1, 0.15) is 36.5 Å². The van der Waals surface area contributed by atoms with Gasteiger partial charge in [0.25, 0.3) is 0 Å². The van der Waals surface area contributed by atoms with Crippen LogP contribution in [0, 0.1) is 11.8 Å². The van der Waals surface area contributed by atoms with Gasteiger partial charge in [0.15, 0.2) is 5.78 Å². The summed E-state index contributed by atoms with van der Waals surface area (Å²) in [6, 6.07) is 5.14. The maximum absolute atomic E-state index is 12.2. The Morgan fingerprint density at radius 2 is 2.00 bits per heavy atom. The summed E-state index contributed by atoms with van der Waals surface area (Å²) in [6.07, 6.45) is 3.09. The molecule has 1 aromatic rings. The SMILES string of the molecule is CC(=O)[C@H]1C[C@@H]1C(=O)c1ccc(OC2CC2)c(Cl)c1. The third kappa shape index (κ3) is 2.66. The van der Waals surface area contributed by atoms with Gasteiger partial charge in [0.2, 0.25) is 0 Å². The Balaban J connectivity index is 1.73. The van der Waals surface area contributed by atoms with Crippen LogP contribution in [0.15, 0.2) is 18.2 Å². The molecule has 0 aromatic heterocycles. The van der Waals surface area contributed by atoms with Gasteiger partial charge in [-0.15, -0.1) is 0 Å². The molecule has 4 heteroatoms. The highest BCUT2D eigenvalue weighted by Crippen LogP contribution is 2.42. The summed E-state index contributed by atoms with van der Waals surface area (Å²) in [4.78, 5) is 23.4. The third-order valence-electron chi connectivity index (χ3n) is 3.68. The zero-order valence-corrected chi connectivity index (χ0v) is 11.4. The van der Waals surface area contributed by atoms with E-state index in [-0.39, 0.29) is 29.5 Å². The summed E-state index contributed by atoms with van der Waals surface area (Å²) in [7, 11) is 0. The number of hydrogen-bond acceptors (Lipinski definition) is 3. The molecular weight excluding hydrogens is 264 g/mol. The Hall–Kier alpha value is -1.35. The Kier molecular flexibility index (Phi) is 3.09. The van der Waals surface area contributed by atoms with E-state index >= 15 is 0 Å². The molecule has 0 amide bonds. The van der Waals surface area contributed by atoms with Crippen LogP contribution in [0.5, 0.6) is 5.75 Å². The number of ketones is 2. The van der Waals surface area contributed by atoms with Crippen molar-refractivity contribution < 1.29 is 14.3 Å². The Labute approximate surface area is 116 Å². The highest BCUT2D eigenvalue weighted by molar-refractivity contribution is 6.32. The first-order chi connectivity index (χ1) is 9.06. The summed E-state index contributed by atoms with van der Waals surface area (Å²) < 4.78 is 5.63. The Morgan fingerprint density at radius 3 is 2.53 bits per heavy atom. The number of ether oxygens (including phenoxy) is 1. The molecule has 0 N–H and O–H groups in total. The van der Waals surface area contributed by atoms with Gasteiger partial charge in [-0.1, -0.05) is 11.6 Å². The lowest BCUT2D eigenvalue weighted by Crippen LogP contribution is -2.07. The van der Waals surface area contributed by atoms with Crippen LogP contribution in [0.4, 0.5) is 0 Å². The van der Waals surface area contributed by atoms with Crippen molar-refractivity contribution in [2.75, 3.05) is 0 Å². The highest BCUT2D eigenvalue weighted by Gasteiger charge is 2.46. The number of benzene rings is 1. The van der Waals surface area contributed by atoms with Gasteiger partial charge in [0, 0.05) is 17.4 Å². The van der Waals surface area contributed by atoms with Crippen LogP contribution in [0.3, 0.4) is 0 Å². The molecule has 2 atom stereocenters. The summed E-state index contributed by atoms with van der Waals surface area (Å²) in [5, 5.41) is 0.470. The van der Waals surface area contributed by atoms with Crippen molar-refractivity contribution >= 4 is 23.2 Å². The van der Waals surface area contributed by atoms with Gasteiger partial charge in [0.1, 0.15) is 11.5 Å². The first kappa shape index (κ1) is 12.7. The molecule has 0 spiro atoms. The molecule has 1 aromatic carbocycles. The molecule has 2 aliphatic rings. The minimum atomic E-state index is -0.149. The summed E-state index contributed by atoms with van der Waals surface area (Å²) >= 11 is 6.13. The second-order valence-electron chi connectivity index (χ2n) is 5.39. The number of hydrogen-bond donors (Lipinski definition) is 0. The smallest absolute Gasteiger partial charge is 0.166 e. The van der Waals surface area contributed by atoms with E-state index in [9.17, 15) is 9.59 Å². The lowest BCUT2D eigenvalue weighted by Gasteiger charge is -2.08. The predicted octanol–water partition coefficient (Wildman–Crippen LogP) is 3.29. The zero-order chi connectivity index (χ0) is 13.6. The van der Waals surface area contributed by atoms with E-state index in [1.807, 2.05) is 0 Å². The lowest BCUT2D eigenvalue weighted by molar-refractivity contribution is -0.118. The van der Waals surface area contributed by atoms with E-state index in [2.05, 4.69) is 0 Å². The molecule has 0 heterocycles. The standard InChI is InChI=1S/C15H15ClO3/c1-8(17)11-7-12(11)15(18)9-2-5-14(13(16)6-9)19-10-3-4-10/h2,5-6,10-12H,3-4,7H2,1H3/t11-,12+/m1/s1. The molecule has 3 rings (SSSR count). The zero-order valence-electron chi connectivity index (χ0n) is 10.7. The van der Waals surface area contributed by atoms with Crippen molar-refractivity contribution in [3.05, 3.63) is 28.8 Å². The molecule has 2 fully saturated rings. The normalized spacial score (nSPS) is 24.9. The number of carbonyl (C=O) groups excluding carboxylic acids is 2. The van der Waals surface area contributed by atoms with Crippen LogP contribution in [0.25, 0.3) is 0 Å². The number of Topliss-reactive ketones (excluding diaryl/α,β-unsaturated/α-hetero) is 2. The van der Waals surface area contributed by atoms with E-state index < -0.39 is 0 Å². The third-order valence-corrected chi connectivity index (χ3v) is 3.98. The molecule has 0 aliphatic heterocycles. The molecule has 2 saturated carbocycles. The maximum atomic E-state index is 12.2. The molecular formula is C15H15ClO3. The number of halogens is 1. The van der Waals surface area contributed by atoms with Crippen molar-refractivity contribution in [2.45, 2.75) is 32.3 Å². The second-order valence-corrected chi connectivity index (χ2v) is 5.79. The first-order valence-corrected chi connectivity index (χ1v) is 6.95. The minimum absolute atomic E-state index is 0.0140. The predicted molar refractivity (Wildman–Crippen MR) is 71.7 cm³/mol. The number of carbonyl (C=O) groups is 2. The molecule has 0 radical (unpaired) electrons. The fraction of sp³-hybridized carbons (Fsp3) is 0.467. The largest absolute Gasteiger partial charge is 0.489 e. The average Bonchev–Trinajstić information content (AvgIpc) is 3.24. The monoisotopic (exact) mass is 278 g/mol. The van der Waals surface area contributed by atoms with Gasteiger partial charge in [-0.2, -0.15) is 0 Å². The average molecular weight is 279 g/mol. The Morgan fingerprint density at radius 1 is 1.26 bits per heavy atom. The maximum Gasteiger partial charge on any atom is 0.166 e. The van der Waals surface area contributed by atoms with Crippen LogP contribution in [-0.2, 0) is 4.79 Å². The summed E-state index contributed by atoms with van der Waals surface area (Å²) in [6.45, 7) is 1.54. The van der Waals surface area contributed by atoms with E-state index in [0.29, 0.717) is 22.8 Å². The molecule has 0 saturated heterocycles.